The Morgan fingerprint density at radius 3 is 3.06 bits per heavy atom. The Hall–Kier alpha value is -1.07. The molecule has 1 heterocycles. The Bertz CT molecular complexity index is 416. The molecule has 0 amide bonds. The monoisotopic (exact) mass is 256 g/mol. The second-order valence-corrected chi connectivity index (χ2v) is 4.79. The predicted octanol–water partition coefficient (Wildman–Crippen LogP) is 2.15. The van der Waals surface area contributed by atoms with Crippen LogP contribution in [0.25, 0.3) is 0 Å². The standard InChI is InChI=1S/C12H13FO3S/c1-15-10-3-2-8(13)6-9(10)12(14)11-7-17-5-4-16-11/h2-3,6,11H,4-5,7H2,1H3. The lowest BCUT2D eigenvalue weighted by Crippen LogP contribution is -2.31. The molecule has 1 aromatic rings. The van der Waals surface area contributed by atoms with Gasteiger partial charge in [0.05, 0.1) is 19.3 Å². The largest absolute Gasteiger partial charge is 0.496 e. The first kappa shape index (κ1) is 12.4. The van der Waals surface area contributed by atoms with E-state index in [1.54, 1.807) is 11.8 Å². The normalized spacial score (nSPS) is 20.0. The van der Waals surface area contributed by atoms with Crippen LogP contribution in [0.5, 0.6) is 5.75 Å². The van der Waals surface area contributed by atoms with Crippen LogP contribution in [-0.2, 0) is 4.74 Å². The number of halogens is 1. The molecule has 3 nitrogen and oxygen atoms in total. The van der Waals surface area contributed by atoms with Crippen molar-refractivity contribution < 1.29 is 18.7 Å². The highest BCUT2D eigenvalue weighted by Gasteiger charge is 2.26. The molecule has 17 heavy (non-hydrogen) atoms. The summed E-state index contributed by atoms with van der Waals surface area (Å²) in [5.41, 5.74) is 0.250. The van der Waals surface area contributed by atoms with Gasteiger partial charge in [-0.3, -0.25) is 4.79 Å². The van der Waals surface area contributed by atoms with E-state index in [2.05, 4.69) is 0 Å². The first-order chi connectivity index (χ1) is 8.22. The maximum Gasteiger partial charge on any atom is 0.196 e. The number of ketones is 1. The fraction of sp³-hybridized carbons (Fsp3) is 0.417. The number of benzene rings is 1. The summed E-state index contributed by atoms with van der Waals surface area (Å²) in [6.07, 6.45) is -0.496. The minimum atomic E-state index is -0.496. The van der Waals surface area contributed by atoms with Gasteiger partial charge in [-0.25, -0.2) is 4.39 Å². The lowest BCUT2D eigenvalue weighted by Gasteiger charge is -2.21. The van der Waals surface area contributed by atoms with Crippen LogP contribution < -0.4 is 4.74 Å². The van der Waals surface area contributed by atoms with E-state index in [4.69, 9.17) is 9.47 Å². The number of thioether (sulfide) groups is 1. The molecule has 0 aromatic heterocycles. The SMILES string of the molecule is COc1ccc(F)cc1C(=O)C1CSCCO1. The van der Waals surface area contributed by atoms with Crippen molar-refractivity contribution in [2.45, 2.75) is 6.10 Å². The molecule has 1 aliphatic rings. The van der Waals surface area contributed by atoms with Gasteiger partial charge in [0.1, 0.15) is 17.7 Å². The Labute approximate surface area is 103 Å². The van der Waals surface area contributed by atoms with Crippen LogP contribution in [-0.4, -0.2) is 37.1 Å². The smallest absolute Gasteiger partial charge is 0.196 e. The first-order valence-electron chi connectivity index (χ1n) is 5.29. The molecule has 92 valence electrons. The van der Waals surface area contributed by atoms with E-state index in [0.29, 0.717) is 18.1 Å². The summed E-state index contributed by atoms with van der Waals surface area (Å²) in [7, 11) is 1.46. The number of carbonyl (C=O) groups is 1. The first-order valence-corrected chi connectivity index (χ1v) is 6.45. The van der Waals surface area contributed by atoms with E-state index in [1.807, 2.05) is 0 Å². The molecule has 0 N–H and O–H groups in total. The van der Waals surface area contributed by atoms with Crippen molar-refractivity contribution in [1.82, 2.24) is 0 Å². The number of rotatable bonds is 3. The quantitative estimate of drug-likeness (QED) is 0.776. The summed E-state index contributed by atoms with van der Waals surface area (Å²) in [5, 5.41) is 0. The van der Waals surface area contributed by atoms with Gasteiger partial charge in [-0.1, -0.05) is 0 Å². The van der Waals surface area contributed by atoms with Gasteiger partial charge in [0.15, 0.2) is 5.78 Å². The summed E-state index contributed by atoms with van der Waals surface area (Å²) in [6, 6.07) is 3.93. The molecule has 0 spiro atoms. The zero-order valence-corrected chi connectivity index (χ0v) is 10.3. The van der Waals surface area contributed by atoms with Crippen LogP contribution in [0.4, 0.5) is 4.39 Å². The second kappa shape index (κ2) is 5.51. The second-order valence-electron chi connectivity index (χ2n) is 3.64. The van der Waals surface area contributed by atoms with Gasteiger partial charge in [-0.05, 0) is 18.2 Å². The molecular formula is C12H13FO3S. The van der Waals surface area contributed by atoms with Crippen molar-refractivity contribution >= 4 is 17.5 Å². The van der Waals surface area contributed by atoms with Crippen molar-refractivity contribution in [3.8, 4) is 5.75 Å². The summed E-state index contributed by atoms with van der Waals surface area (Å²) >= 11 is 1.66. The molecule has 2 rings (SSSR count). The van der Waals surface area contributed by atoms with Crippen LogP contribution >= 0.6 is 11.8 Å². The van der Waals surface area contributed by atoms with Gasteiger partial charge >= 0.3 is 0 Å². The van der Waals surface area contributed by atoms with Crippen LogP contribution in [0, 0.1) is 5.82 Å². The molecule has 5 heteroatoms. The number of hydrogen-bond acceptors (Lipinski definition) is 4. The van der Waals surface area contributed by atoms with E-state index in [0.717, 1.165) is 5.75 Å². The minimum Gasteiger partial charge on any atom is -0.496 e. The molecule has 1 fully saturated rings. The predicted molar refractivity (Wildman–Crippen MR) is 64.3 cm³/mol. The Morgan fingerprint density at radius 1 is 1.59 bits per heavy atom. The van der Waals surface area contributed by atoms with Crippen molar-refractivity contribution in [1.29, 1.82) is 0 Å². The molecule has 1 aliphatic heterocycles. The minimum absolute atomic E-state index is 0.214. The van der Waals surface area contributed by atoms with Crippen molar-refractivity contribution in [2.24, 2.45) is 0 Å². The highest BCUT2D eigenvalue weighted by atomic mass is 32.2. The lowest BCUT2D eigenvalue weighted by atomic mass is 10.1. The molecule has 1 saturated heterocycles. The molecule has 1 atom stereocenters. The highest BCUT2D eigenvalue weighted by molar-refractivity contribution is 7.99. The maximum absolute atomic E-state index is 13.2. The van der Waals surface area contributed by atoms with Gasteiger partial charge in [-0.15, -0.1) is 0 Å². The molecular weight excluding hydrogens is 243 g/mol. The third-order valence-corrected chi connectivity index (χ3v) is 3.53. The number of Topliss-reactive ketones (excluding diaryl/α,β-unsaturated/α-hetero) is 1. The fourth-order valence-electron chi connectivity index (χ4n) is 1.69. The van der Waals surface area contributed by atoms with E-state index >= 15 is 0 Å². The Balaban J connectivity index is 2.25. The Kier molecular flexibility index (Phi) is 4.02. The van der Waals surface area contributed by atoms with E-state index in [-0.39, 0.29) is 11.3 Å². The summed E-state index contributed by atoms with van der Waals surface area (Å²) in [4.78, 5) is 12.1. The molecule has 1 aromatic carbocycles. The van der Waals surface area contributed by atoms with E-state index < -0.39 is 11.9 Å². The van der Waals surface area contributed by atoms with Crippen LogP contribution in [0.15, 0.2) is 18.2 Å². The Morgan fingerprint density at radius 2 is 2.41 bits per heavy atom. The molecule has 0 bridgehead atoms. The number of methoxy groups -OCH3 is 1. The van der Waals surface area contributed by atoms with Gasteiger partial charge < -0.3 is 9.47 Å². The summed E-state index contributed by atoms with van der Waals surface area (Å²) in [6.45, 7) is 0.554. The zero-order chi connectivity index (χ0) is 12.3. The fourth-order valence-corrected chi connectivity index (χ4v) is 2.53. The van der Waals surface area contributed by atoms with E-state index in [1.165, 1.54) is 25.3 Å². The van der Waals surface area contributed by atoms with Crippen LogP contribution in [0.2, 0.25) is 0 Å². The van der Waals surface area contributed by atoms with Crippen molar-refractivity contribution in [3.63, 3.8) is 0 Å². The average Bonchev–Trinajstić information content (AvgIpc) is 2.39. The highest BCUT2D eigenvalue weighted by Crippen LogP contribution is 2.24. The van der Waals surface area contributed by atoms with Crippen LogP contribution in [0.1, 0.15) is 10.4 Å². The van der Waals surface area contributed by atoms with Crippen molar-refractivity contribution in [2.75, 3.05) is 25.2 Å². The molecule has 0 aliphatic carbocycles. The van der Waals surface area contributed by atoms with Gasteiger partial charge in [0.2, 0.25) is 0 Å². The molecule has 1 unspecified atom stereocenters. The van der Waals surface area contributed by atoms with Gasteiger partial charge in [-0.2, -0.15) is 11.8 Å². The van der Waals surface area contributed by atoms with Crippen molar-refractivity contribution in [3.05, 3.63) is 29.6 Å². The van der Waals surface area contributed by atoms with Gasteiger partial charge in [0, 0.05) is 11.5 Å². The lowest BCUT2D eigenvalue weighted by molar-refractivity contribution is 0.0516. The number of ether oxygens (including phenoxy) is 2. The third kappa shape index (κ3) is 2.79. The zero-order valence-electron chi connectivity index (χ0n) is 9.44. The van der Waals surface area contributed by atoms with E-state index in [9.17, 15) is 9.18 Å². The number of hydrogen-bond donors (Lipinski definition) is 0. The summed E-state index contributed by atoms with van der Waals surface area (Å²) in [5.74, 6) is 1.23. The third-order valence-electron chi connectivity index (χ3n) is 2.54. The average molecular weight is 256 g/mol. The van der Waals surface area contributed by atoms with Crippen LogP contribution in [0.3, 0.4) is 0 Å². The molecule has 0 radical (unpaired) electrons. The summed E-state index contributed by atoms with van der Waals surface area (Å²) < 4.78 is 23.6. The molecule has 0 saturated carbocycles. The topological polar surface area (TPSA) is 35.5 Å². The number of carbonyl (C=O) groups excluding carboxylic acids is 1. The maximum atomic E-state index is 13.2. The van der Waals surface area contributed by atoms with Gasteiger partial charge in [0.25, 0.3) is 0 Å².